The van der Waals surface area contributed by atoms with Gasteiger partial charge in [-0.25, -0.2) is 4.39 Å². The van der Waals surface area contributed by atoms with Crippen LogP contribution in [-0.2, 0) is 9.53 Å². The molecule has 2 N–H and O–H groups in total. The highest BCUT2D eigenvalue weighted by molar-refractivity contribution is 5.97. The van der Waals surface area contributed by atoms with Gasteiger partial charge < -0.3 is 25.0 Å². The number of ether oxygens (including phenoxy) is 2. The Morgan fingerprint density at radius 1 is 1.24 bits per heavy atom. The van der Waals surface area contributed by atoms with Crippen LogP contribution in [0.1, 0.15) is 30.3 Å². The Balaban J connectivity index is 0.000000231. The fourth-order valence-electron chi connectivity index (χ4n) is 4.26. The van der Waals surface area contributed by atoms with Crippen LogP contribution in [0.5, 0.6) is 5.75 Å². The van der Waals surface area contributed by atoms with E-state index in [1.54, 1.807) is 18.3 Å². The van der Waals surface area contributed by atoms with Crippen molar-refractivity contribution in [1.29, 1.82) is 0 Å². The normalized spacial score (nSPS) is 22.2. The monoisotopic (exact) mass is 474 g/mol. The molecule has 3 fully saturated rings. The van der Waals surface area contributed by atoms with Crippen LogP contribution in [0.15, 0.2) is 36.5 Å². The van der Waals surface area contributed by atoms with Crippen molar-refractivity contribution in [3.05, 3.63) is 53.9 Å². The lowest BCUT2D eigenvalue weighted by Crippen LogP contribution is -2.71. The average molecular weight is 475 g/mol. The molecule has 2 amide bonds. The SMILES string of the molecule is CC1CCC(C(=O)Nc2ccnc(C(=O)N3CC4(CNC4)C3)c2)O1.COc1cccc(F)c1F. The highest BCUT2D eigenvalue weighted by atomic mass is 19.2. The Morgan fingerprint density at radius 2 is 2.00 bits per heavy atom. The van der Waals surface area contributed by atoms with E-state index in [2.05, 4.69) is 20.4 Å². The minimum Gasteiger partial charge on any atom is -0.494 e. The summed E-state index contributed by atoms with van der Waals surface area (Å²) in [5.74, 6) is -2.13. The van der Waals surface area contributed by atoms with Gasteiger partial charge in [-0.05, 0) is 44.0 Å². The fraction of sp³-hybridized carbons (Fsp3) is 0.458. The molecule has 0 saturated carbocycles. The second-order valence-electron chi connectivity index (χ2n) is 8.95. The molecule has 4 heterocycles. The summed E-state index contributed by atoms with van der Waals surface area (Å²) in [6.45, 7) is 5.50. The first-order valence-electron chi connectivity index (χ1n) is 11.2. The number of anilines is 1. The van der Waals surface area contributed by atoms with Gasteiger partial charge in [-0.15, -0.1) is 0 Å². The minimum absolute atomic E-state index is 0.0694. The number of hydrogen-bond donors (Lipinski definition) is 2. The van der Waals surface area contributed by atoms with E-state index in [1.807, 2.05) is 11.8 Å². The summed E-state index contributed by atoms with van der Waals surface area (Å²) >= 11 is 0. The second kappa shape index (κ2) is 10.0. The Bertz CT molecular complexity index is 1060. The molecule has 10 heteroatoms. The molecule has 2 atom stereocenters. The quantitative estimate of drug-likeness (QED) is 0.708. The van der Waals surface area contributed by atoms with E-state index in [0.717, 1.165) is 45.1 Å². The van der Waals surface area contributed by atoms with Crippen molar-refractivity contribution in [2.45, 2.75) is 32.0 Å². The van der Waals surface area contributed by atoms with Gasteiger partial charge in [0.1, 0.15) is 11.8 Å². The van der Waals surface area contributed by atoms with E-state index in [0.29, 0.717) is 11.4 Å². The summed E-state index contributed by atoms with van der Waals surface area (Å²) in [4.78, 5) is 30.7. The van der Waals surface area contributed by atoms with Crippen LogP contribution in [0.3, 0.4) is 0 Å². The number of carbonyl (C=O) groups excluding carboxylic acids is 2. The number of likely N-dealkylation sites (tertiary alicyclic amines) is 1. The van der Waals surface area contributed by atoms with E-state index in [9.17, 15) is 18.4 Å². The van der Waals surface area contributed by atoms with E-state index < -0.39 is 17.7 Å². The second-order valence-corrected chi connectivity index (χ2v) is 8.95. The number of benzene rings is 1. The van der Waals surface area contributed by atoms with Crippen LogP contribution in [0.2, 0.25) is 0 Å². The molecule has 34 heavy (non-hydrogen) atoms. The van der Waals surface area contributed by atoms with E-state index in [-0.39, 0.29) is 29.1 Å². The van der Waals surface area contributed by atoms with Gasteiger partial charge in [0, 0.05) is 43.5 Å². The summed E-state index contributed by atoms with van der Waals surface area (Å²) in [5.41, 5.74) is 1.25. The number of hydrogen-bond acceptors (Lipinski definition) is 6. The lowest BCUT2D eigenvalue weighted by Gasteiger charge is -2.55. The van der Waals surface area contributed by atoms with Crippen LogP contribution >= 0.6 is 0 Å². The Hall–Kier alpha value is -3.11. The molecule has 3 aliphatic heterocycles. The molecule has 1 spiro atoms. The first kappa shape index (κ1) is 24.0. The van der Waals surface area contributed by atoms with E-state index in [1.165, 1.54) is 19.2 Å². The van der Waals surface area contributed by atoms with Crippen LogP contribution in [0.4, 0.5) is 14.5 Å². The molecule has 182 valence electrons. The molecule has 1 aromatic heterocycles. The number of nitrogens with zero attached hydrogens (tertiary/aromatic N) is 2. The van der Waals surface area contributed by atoms with Gasteiger partial charge in [0.05, 0.1) is 13.2 Å². The summed E-state index contributed by atoms with van der Waals surface area (Å²) in [6, 6.07) is 7.12. The number of amides is 2. The lowest BCUT2D eigenvalue weighted by atomic mass is 9.74. The summed E-state index contributed by atoms with van der Waals surface area (Å²) in [7, 11) is 1.29. The Labute approximate surface area is 196 Å². The van der Waals surface area contributed by atoms with Gasteiger partial charge in [-0.2, -0.15) is 4.39 Å². The molecule has 8 nitrogen and oxygen atoms in total. The molecular weight excluding hydrogens is 446 g/mol. The van der Waals surface area contributed by atoms with Crippen molar-refractivity contribution in [3.63, 3.8) is 0 Å². The Morgan fingerprint density at radius 3 is 2.59 bits per heavy atom. The molecule has 0 bridgehead atoms. The van der Waals surface area contributed by atoms with Crippen LogP contribution in [0, 0.1) is 17.0 Å². The largest absolute Gasteiger partial charge is 0.494 e. The fourth-order valence-corrected chi connectivity index (χ4v) is 4.26. The van der Waals surface area contributed by atoms with Gasteiger partial charge >= 0.3 is 0 Å². The molecule has 2 unspecified atom stereocenters. The maximum atomic E-state index is 12.5. The third-order valence-electron chi connectivity index (χ3n) is 6.25. The zero-order valence-electron chi connectivity index (χ0n) is 19.1. The molecular formula is C24H28F2N4O4. The van der Waals surface area contributed by atoms with Crippen molar-refractivity contribution in [2.75, 3.05) is 38.6 Å². The van der Waals surface area contributed by atoms with Gasteiger partial charge in [-0.3, -0.25) is 14.6 Å². The summed E-state index contributed by atoms with van der Waals surface area (Å²) < 4.78 is 34.9. The maximum Gasteiger partial charge on any atom is 0.272 e. The molecule has 3 aliphatic rings. The van der Waals surface area contributed by atoms with Crippen molar-refractivity contribution >= 4 is 17.5 Å². The summed E-state index contributed by atoms with van der Waals surface area (Å²) in [6.07, 6.45) is 2.89. The highest BCUT2D eigenvalue weighted by Gasteiger charge is 2.49. The topological polar surface area (TPSA) is 92.8 Å². The van der Waals surface area contributed by atoms with Gasteiger partial charge in [-0.1, -0.05) is 6.07 Å². The predicted molar refractivity (Wildman–Crippen MR) is 121 cm³/mol. The molecule has 5 rings (SSSR count). The van der Waals surface area contributed by atoms with Crippen molar-refractivity contribution in [2.24, 2.45) is 5.41 Å². The minimum atomic E-state index is -0.940. The molecule has 3 saturated heterocycles. The predicted octanol–water partition coefficient (Wildman–Crippen LogP) is 2.61. The third-order valence-corrected chi connectivity index (χ3v) is 6.25. The number of methoxy groups -OCH3 is 1. The van der Waals surface area contributed by atoms with Crippen LogP contribution in [0.25, 0.3) is 0 Å². The number of halogens is 2. The number of pyridine rings is 1. The van der Waals surface area contributed by atoms with Crippen molar-refractivity contribution in [1.82, 2.24) is 15.2 Å². The standard InChI is InChI=1S/C17H22N4O3.C7H6F2O/c1-11-2-3-14(24-11)15(22)20-12-4-5-19-13(6-12)16(23)21-9-17(10-21)7-18-8-17;1-10-6-4-2-3-5(8)7(6)9/h4-6,11,14,18H,2-3,7-10H2,1H3,(H,19,20,22);2-4H,1H3. The molecule has 2 aromatic rings. The Kier molecular flexibility index (Phi) is 7.08. The molecule has 0 radical (unpaired) electrons. The van der Waals surface area contributed by atoms with Crippen LogP contribution < -0.4 is 15.4 Å². The van der Waals surface area contributed by atoms with Crippen molar-refractivity contribution in [3.8, 4) is 5.75 Å². The number of nitrogens with one attached hydrogen (secondary N) is 2. The molecule has 1 aromatic carbocycles. The molecule has 0 aliphatic carbocycles. The maximum absolute atomic E-state index is 12.5. The first-order valence-corrected chi connectivity index (χ1v) is 11.2. The van der Waals surface area contributed by atoms with Crippen LogP contribution in [-0.4, -0.2) is 67.2 Å². The van der Waals surface area contributed by atoms with E-state index in [4.69, 9.17) is 4.74 Å². The lowest BCUT2D eigenvalue weighted by molar-refractivity contribution is -0.126. The number of rotatable bonds is 4. The third kappa shape index (κ3) is 5.18. The smallest absolute Gasteiger partial charge is 0.272 e. The van der Waals surface area contributed by atoms with Gasteiger partial charge in [0.2, 0.25) is 5.82 Å². The average Bonchev–Trinajstić information content (AvgIpc) is 3.21. The number of aromatic nitrogens is 1. The zero-order valence-corrected chi connectivity index (χ0v) is 19.1. The number of carbonyl (C=O) groups is 2. The van der Waals surface area contributed by atoms with Crippen molar-refractivity contribution < 1.29 is 27.8 Å². The highest BCUT2D eigenvalue weighted by Crippen LogP contribution is 2.34. The van der Waals surface area contributed by atoms with E-state index >= 15 is 0 Å². The summed E-state index contributed by atoms with van der Waals surface area (Å²) in [5, 5.41) is 6.08. The first-order chi connectivity index (χ1) is 16.3. The van der Waals surface area contributed by atoms with Gasteiger partial charge in [0.25, 0.3) is 11.8 Å². The zero-order chi connectivity index (χ0) is 24.3. The van der Waals surface area contributed by atoms with Gasteiger partial charge in [0.15, 0.2) is 11.6 Å².